The summed E-state index contributed by atoms with van der Waals surface area (Å²) in [6, 6.07) is 5.75. The summed E-state index contributed by atoms with van der Waals surface area (Å²) in [5.41, 5.74) is 0.781. The molecule has 0 amide bonds. The van der Waals surface area contributed by atoms with Crippen molar-refractivity contribution in [2.45, 2.75) is 30.9 Å². The van der Waals surface area contributed by atoms with E-state index >= 15 is 0 Å². The van der Waals surface area contributed by atoms with E-state index in [2.05, 4.69) is 18.8 Å². The minimum atomic E-state index is -0.120. The van der Waals surface area contributed by atoms with Gasteiger partial charge in [0, 0.05) is 16.4 Å². The van der Waals surface area contributed by atoms with Crippen molar-refractivity contribution in [2.75, 3.05) is 13.2 Å². The van der Waals surface area contributed by atoms with Crippen LogP contribution in [0.1, 0.15) is 31.1 Å². The number of ketones is 1. The molecular weight excluding hydrogens is 258 g/mol. The lowest BCUT2D eigenvalue weighted by molar-refractivity contribution is -0.460. The van der Waals surface area contributed by atoms with E-state index in [1.807, 2.05) is 31.3 Å². The largest absolute Gasteiger partial charge is 0.494 e. The first-order chi connectivity index (χ1) is 9.11. The monoisotopic (exact) mass is 278 g/mol. The van der Waals surface area contributed by atoms with Gasteiger partial charge in [0.25, 0.3) is 0 Å². The molecule has 0 spiro atoms. The van der Waals surface area contributed by atoms with Crippen molar-refractivity contribution in [2.24, 2.45) is 5.92 Å². The van der Waals surface area contributed by atoms with Crippen LogP contribution < -0.4 is 9.73 Å². The van der Waals surface area contributed by atoms with Gasteiger partial charge in [-0.05, 0) is 25.1 Å². The minimum Gasteiger partial charge on any atom is -0.494 e. The predicted molar refractivity (Wildman–Crippen MR) is 78.3 cm³/mol. The summed E-state index contributed by atoms with van der Waals surface area (Å²) < 4.78 is 5.44. The average molecular weight is 278 g/mol. The van der Waals surface area contributed by atoms with Crippen molar-refractivity contribution in [3.8, 4) is 5.75 Å². The summed E-state index contributed by atoms with van der Waals surface area (Å²) in [5.74, 6) is 1.51. The molecule has 0 bridgehead atoms. The first-order valence-corrected chi connectivity index (χ1v) is 7.54. The maximum absolute atomic E-state index is 12.3. The van der Waals surface area contributed by atoms with Crippen LogP contribution in [0, 0.1) is 5.92 Å². The van der Waals surface area contributed by atoms with Crippen LogP contribution in [0.5, 0.6) is 5.75 Å². The number of Topliss-reactive ketones (excluding diaryl/α,β-unsaturated/α-hetero) is 1. The Hall–Kier alpha value is -1.29. The van der Waals surface area contributed by atoms with Crippen molar-refractivity contribution >= 4 is 23.8 Å². The molecule has 0 aliphatic carbocycles. The van der Waals surface area contributed by atoms with Gasteiger partial charge >= 0.3 is 0 Å². The number of benzene rings is 1. The van der Waals surface area contributed by atoms with E-state index in [0.29, 0.717) is 12.5 Å². The number of nitrogens with one attached hydrogen (secondary N) is 1. The van der Waals surface area contributed by atoms with E-state index in [-0.39, 0.29) is 11.0 Å². The topological polar surface area (TPSA) is 40.3 Å². The lowest BCUT2D eigenvalue weighted by Crippen LogP contribution is -2.72. The molecule has 1 atom stereocenters. The second-order valence-corrected chi connectivity index (χ2v) is 6.15. The van der Waals surface area contributed by atoms with Crippen LogP contribution in [-0.2, 0) is 0 Å². The Labute approximate surface area is 118 Å². The highest BCUT2D eigenvalue weighted by Crippen LogP contribution is 2.37. The van der Waals surface area contributed by atoms with Gasteiger partial charge in [-0.15, -0.1) is 11.8 Å². The third kappa shape index (κ3) is 3.38. The molecular formula is C15H20NO2S+. The van der Waals surface area contributed by atoms with Crippen LogP contribution >= 0.6 is 11.8 Å². The molecule has 0 unspecified atom stereocenters. The lowest BCUT2D eigenvalue weighted by Gasteiger charge is -2.03. The van der Waals surface area contributed by atoms with Gasteiger partial charge in [-0.3, -0.25) is 9.79 Å². The highest BCUT2D eigenvalue weighted by atomic mass is 32.2. The zero-order chi connectivity index (χ0) is 13.8. The van der Waals surface area contributed by atoms with E-state index in [4.69, 9.17) is 4.74 Å². The van der Waals surface area contributed by atoms with Gasteiger partial charge < -0.3 is 4.74 Å². The zero-order valence-electron chi connectivity index (χ0n) is 11.6. The molecule has 0 radical (unpaired) electrons. The molecule has 1 aromatic rings. The van der Waals surface area contributed by atoms with Crippen LogP contribution in [0.2, 0.25) is 0 Å². The second kappa shape index (κ2) is 6.24. The van der Waals surface area contributed by atoms with Crippen LogP contribution in [0.4, 0.5) is 0 Å². The molecule has 3 nitrogen and oxygen atoms in total. The van der Waals surface area contributed by atoms with Gasteiger partial charge in [0.15, 0.2) is 12.0 Å². The first-order valence-electron chi connectivity index (χ1n) is 6.66. The number of carbonyl (C=O) groups excluding carboxylic acids is 1. The molecule has 0 saturated heterocycles. The Morgan fingerprint density at radius 1 is 1.47 bits per heavy atom. The van der Waals surface area contributed by atoms with Crippen LogP contribution in [-0.4, -0.2) is 30.4 Å². The average Bonchev–Trinajstić information content (AvgIpc) is 2.67. The molecule has 102 valence electrons. The van der Waals surface area contributed by atoms with E-state index in [1.54, 1.807) is 11.8 Å². The lowest BCUT2D eigenvalue weighted by atomic mass is 10.1. The number of ether oxygens (including phenoxy) is 1. The maximum Gasteiger partial charge on any atom is 0.187 e. The fourth-order valence-electron chi connectivity index (χ4n) is 1.92. The number of rotatable bonds is 5. The maximum atomic E-state index is 12.3. The van der Waals surface area contributed by atoms with Crippen molar-refractivity contribution in [3.63, 3.8) is 0 Å². The first kappa shape index (κ1) is 14.1. The summed E-state index contributed by atoms with van der Waals surface area (Å²) in [5, 5.41) is -0.120. The molecule has 0 saturated carbocycles. The normalized spacial score (nSPS) is 18.3. The van der Waals surface area contributed by atoms with Crippen LogP contribution in [0.25, 0.3) is 0 Å². The third-order valence-corrected chi connectivity index (χ3v) is 4.05. The van der Waals surface area contributed by atoms with Crippen molar-refractivity contribution in [1.29, 1.82) is 0 Å². The van der Waals surface area contributed by atoms with Gasteiger partial charge in [0.2, 0.25) is 0 Å². The molecule has 1 N–H and O–H groups in total. The molecule has 1 aliphatic rings. The Morgan fingerprint density at radius 3 is 2.95 bits per heavy atom. The van der Waals surface area contributed by atoms with Gasteiger partial charge in [0.1, 0.15) is 17.5 Å². The highest BCUT2D eigenvalue weighted by molar-refractivity contribution is 8.02. The second-order valence-electron chi connectivity index (χ2n) is 4.96. The summed E-state index contributed by atoms with van der Waals surface area (Å²) >= 11 is 1.60. The Bertz CT molecular complexity index is 497. The van der Waals surface area contributed by atoms with E-state index in [0.717, 1.165) is 22.8 Å². The Kier molecular flexibility index (Phi) is 4.64. The Morgan fingerprint density at radius 2 is 2.26 bits per heavy atom. The minimum absolute atomic E-state index is 0.120. The third-order valence-electron chi connectivity index (χ3n) is 2.84. The number of carbonyl (C=O) groups is 1. The van der Waals surface area contributed by atoms with Crippen molar-refractivity contribution in [1.82, 2.24) is 0 Å². The van der Waals surface area contributed by atoms with Crippen LogP contribution in [0.15, 0.2) is 23.1 Å². The fourth-order valence-corrected chi connectivity index (χ4v) is 3.03. The SMILES string of the molecule is CCOc1ccc2c(c1)C(=O)[C@H](C=[NH+]CC(C)C)S2. The molecule has 1 heterocycles. The fraction of sp³-hybridized carbons (Fsp3) is 0.467. The van der Waals surface area contributed by atoms with E-state index in [1.165, 1.54) is 0 Å². The van der Waals surface area contributed by atoms with E-state index < -0.39 is 0 Å². The number of thioether (sulfide) groups is 1. The van der Waals surface area contributed by atoms with Crippen LogP contribution in [0.3, 0.4) is 0 Å². The Balaban J connectivity index is 2.10. The standard InChI is InChI=1S/C15H19NO2S/c1-4-18-11-5-6-13-12(7-11)15(17)14(19-13)9-16-8-10(2)3/h5-7,9-10,14H,4,8H2,1-3H3/p+1/t14-/m0/s1. The van der Waals surface area contributed by atoms with Crippen molar-refractivity contribution < 1.29 is 14.5 Å². The number of fused-ring (bicyclic) bond motifs is 1. The summed E-state index contributed by atoms with van der Waals surface area (Å²) in [4.78, 5) is 16.6. The highest BCUT2D eigenvalue weighted by Gasteiger charge is 2.32. The quantitative estimate of drug-likeness (QED) is 0.831. The number of hydrogen-bond donors (Lipinski definition) is 1. The smallest absolute Gasteiger partial charge is 0.187 e. The van der Waals surface area contributed by atoms with Gasteiger partial charge in [-0.1, -0.05) is 13.8 Å². The molecule has 19 heavy (non-hydrogen) atoms. The number of hydrogen-bond acceptors (Lipinski definition) is 3. The molecule has 0 aromatic heterocycles. The van der Waals surface area contributed by atoms with Gasteiger partial charge in [-0.25, -0.2) is 0 Å². The molecule has 1 aliphatic heterocycles. The summed E-state index contributed by atoms with van der Waals surface area (Å²) in [6.07, 6.45) is 1.91. The molecule has 1 aromatic carbocycles. The van der Waals surface area contributed by atoms with Gasteiger partial charge in [-0.2, -0.15) is 0 Å². The molecule has 4 heteroatoms. The predicted octanol–water partition coefficient (Wildman–Crippen LogP) is 1.55. The molecule has 0 fully saturated rings. The molecule has 2 rings (SSSR count). The van der Waals surface area contributed by atoms with E-state index in [9.17, 15) is 4.79 Å². The summed E-state index contributed by atoms with van der Waals surface area (Å²) in [6.45, 7) is 7.74. The summed E-state index contributed by atoms with van der Waals surface area (Å²) in [7, 11) is 0. The van der Waals surface area contributed by atoms with Gasteiger partial charge in [0.05, 0.1) is 6.61 Å². The van der Waals surface area contributed by atoms with Crippen molar-refractivity contribution in [3.05, 3.63) is 23.8 Å². The zero-order valence-corrected chi connectivity index (χ0v) is 12.4.